The average molecular weight is 361 g/mol. The number of hydrogen-bond acceptors (Lipinski definition) is 3. The van der Waals surface area contributed by atoms with Gasteiger partial charge in [-0.25, -0.2) is 0 Å². The summed E-state index contributed by atoms with van der Waals surface area (Å²) in [6, 6.07) is 3.66. The van der Waals surface area contributed by atoms with Crippen LogP contribution >= 0.6 is 43.2 Å². The van der Waals surface area contributed by atoms with Crippen molar-refractivity contribution in [1.82, 2.24) is 4.98 Å². The van der Waals surface area contributed by atoms with Gasteiger partial charge in [-0.1, -0.05) is 0 Å². The first-order valence-electron chi connectivity index (χ1n) is 4.49. The minimum Gasteiger partial charge on any atom is -0.288 e. The molecule has 0 aromatic carbocycles. The van der Waals surface area contributed by atoms with Crippen LogP contribution in [0.5, 0.6) is 0 Å². The second-order valence-electron chi connectivity index (χ2n) is 3.25. The summed E-state index contributed by atoms with van der Waals surface area (Å²) in [7, 11) is 0. The lowest BCUT2D eigenvalue weighted by atomic mass is 10.1. The Morgan fingerprint density at radius 1 is 1.44 bits per heavy atom. The summed E-state index contributed by atoms with van der Waals surface area (Å²) in [4.78, 5) is 16.8. The highest BCUT2D eigenvalue weighted by Gasteiger charge is 2.15. The van der Waals surface area contributed by atoms with Crippen LogP contribution in [-0.4, -0.2) is 10.8 Å². The van der Waals surface area contributed by atoms with Crippen LogP contribution < -0.4 is 0 Å². The molecule has 2 nitrogen and oxygen atoms in total. The first-order valence-corrected chi connectivity index (χ1v) is 6.90. The minimum absolute atomic E-state index is 0.0157. The molecular formula is C11H7Br2NOS. The van der Waals surface area contributed by atoms with E-state index in [1.165, 1.54) is 11.3 Å². The van der Waals surface area contributed by atoms with Crippen molar-refractivity contribution in [2.24, 2.45) is 0 Å². The standard InChI is InChI=1S/C11H7Br2NOS/c1-6-2-3-14-5-7(6)10(15)9-4-8(12)11(13)16-9/h2-5H,1H3. The van der Waals surface area contributed by atoms with Crippen LogP contribution in [0.4, 0.5) is 0 Å². The number of aryl methyl sites for hydroxylation is 1. The Hall–Kier alpha value is -0.520. The molecule has 0 atom stereocenters. The number of ketones is 1. The number of carbonyl (C=O) groups is 1. The molecule has 0 N–H and O–H groups in total. The van der Waals surface area contributed by atoms with E-state index in [1.54, 1.807) is 12.4 Å². The zero-order valence-electron chi connectivity index (χ0n) is 8.33. The van der Waals surface area contributed by atoms with Gasteiger partial charge in [0.05, 0.1) is 8.66 Å². The van der Waals surface area contributed by atoms with Crippen LogP contribution in [0.25, 0.3) is 0 Å². The number of carbonyl (C=O) groups excluding carboxylic acids is 1. The van der Waals surface area contributed by atoms with Crippen molar-refractivity contribution in [2.45, 2.75) is 6.92 Å². The predicted molar refractivity (Wildman–Crippen MR) is 72.1 cm³/mol. The van der Waals surface area contributed by atoms with E-state index in [0.29, 0.717) is 10.4 Å². The zero-order chi connectivity index (χ0) is 11.7. The molecule has 82 valence electrons. The van der Waals surface area contributed by atoms with Crippen LogP contribution in [0, 0.1) is 6.92 Å². The molecule has 0 saturated heterocycles. The van der Waals surface area contributed by atoms with Gasteiger partial charge in [0.2, 0.25) is 5.78 Å². The monoisotopic (exact) mass is 359 g/mol. The van der Waals surface area contributed by atoms with Gasteiger partial charge in [-0.3, -0.25) is 9.78 Å². The number of pyridine rings is 1. The van der Waals surface area contributed by atoms with Crippen molar-refractivity contribution in [3.63, 3.8) is 0 Å². The molecule has 0 fully saturated rings. The molecule has 16 heavy (non-hydrogen) atoms. The Morgan fingerprint density at radius 3 is 2.75 bits per heavy atom. The Balaban J connectivity index is 2.43. The number of hydrogen-bond donors (Lipinski definition) is 0. The Bertz CT molecular complexity index is 531. The van der Waals surface area contributed by atoms with Crippen LogP contribution in [0.1, 0.15) is 20.8 Å². The lowest BCUT2D eigenvalue weighted by Crippen LogP contribution is -2.01. The number of halogens is 2. The maximum absolute atomic E-state index is 12.2. The molecule has 0 unspecified atom stereocenters. The van der Waals surface area contributed by atoms with E-state index in [1.807, 2.05) is 19.1 Å². The normalized spacial score (nSPS) is 10.4. The molecule has 2 aromatic rings. The fourth-order valence-electron chi connectivity index (χ4n) is 1.29. The lowest BCUT2D eigenvalue weighted by Gasteiger charge is -2.00. The molecule has 0 aliphatic carbocycles. The van der Waals surface area contributed by atoms with Gasteiger partial charge < -0.3 is 0 Å². The molecule has 5 heteroatoms. The molecular weight excluding hydrogens is 354 g/mol. The van der Waals surface area contributed by atoms with E-state index in [-0.39, 0.29) is 5.78 Å². The van der Waals surface area contributed by atoms with Crippen molar-refractivity contribution < 1.29 is 4.79 Å². The van der Waals surface area contributed by atoms with E-state index in [2.05, 4.69) is 36.8 Å². The van der Waals surface area contributed by atoms with Gasteiger partial charge in [0.1, 0.15) is 0 Å². The quantitative estimate of drug-likeness (QED) is 0.751. The van der Waals surface area contributed by atoms with Crippen LogP contribution in [0.15, 0.2) is 32.8 Å². The molecule has 0 saturated carbocycles. The minimum atomic E-state index is 0.0157. The van der Waals surface area contributed by atoms with Crippen LogP contribution in [0.3, 0.4) is 0 Å². The first kappa shape index (κ1) is 12.0. The van der Waals surface area contributed by atoms with Crippen LogP contribution in [0.2, 0.25) is 0 Å². The number of nitrogens with zero attached hydrogens (tertiary/aromatic N) is 1. The maximum Gasteiger partial charge on any atom is 0.204 e. The van der Waals surface area contributed by atoms with Crippen LogP contribution in [-0.2, 0) is 0 Å². The fourth-order valence-corrected chi connectivity index (χ4v) is 3.28. The van der Waals surface area contributed by atoms with Crippen molar-refractivity contribution in [3.8, 4) is 0 Å². The fraction of sp³-hybridized carbons (Fsp3) is 0.0909. The largest absolute Gasteiger partial charge is 0.288 e. The number of aromatic nitrogens is 1. The van der Waals surface area contributed by atoms with E-state index in [0.717, 1.165) is 13.8 Å². The molecule has 0 radical (unpaired) electrons. The van der Waals surface area contributed by atoms with E-state index in [9.17, 15) is 4.79 Å². The summed E-state index contributed by atoms with van der Waals surface area (Å²) < 4.78 is 1.83. The molecule has 2 heterocycles. The summed E-state index contributed by atoms with van der Waals surface area (Å²) in [5.41, 5.74) is 1.60. The second kappa shape index (κ2) is 4.77. The highest BCUT2D eigenvalue weighted by molar-refractivity contribution is 9.13. The SMILES string of the molecule is Cc1ccncc1C(=O)c1cc(Br)c(Br)s1. The highest BCUT2D eigenvalue weighted by atomic mass is 79.9. The Labute approximate surface area is 114 Å². The van der Waals surface area contributed by atoms with E-state index >= 15 is 0 Å². The summed E-state index contributed by atoms with van der Waals surface area (Å²) in [5, 5.41) is 0. The zero-order valence-corrected chi connectivity index (χ0v) is 12.3. The molecule has 2 rings (SSSR count). The third kappa shape index (κ3) is 2.26. The summed E-state index contributed by atoms with van der Waals surface area (Å²) >= 11 is 8.17. The summed E-state index contributed by atoms with van der Waals surface area (Å²) in [6.45, 7) is 1.91. The van der Waals surface area contributed by atoms with Gasteiger partial charge in [-0.15, -0.1) is 11.3 Å². The van der Waals surface area contributed by atoms with Gasteiger partial charge >= 0.3 is 0 Å². The third-order valence-corrected chi connectivity index (χ3v) is 5.41. The summed E-state index contributed by atoms with van der Waals surface area (Å²) in [6.07, 6.45) is 3.30. The van der Waals surface area contributed by atoms with Gasteiger partial charge in [-0.2, -0.15) is 0 Å². The molecule has 0 bridgehead atoms. The molecule has 0 aliphatic rings. The molecule has 0 aliphatic heterocycles. The molecule has 2 aromatic heterocycles. The second-order valence-corrected chi connectivity index (χ2v) is 6.48. The van der Waals surface area contributed by atoms with Crippen molar-refractivity contribution >= 4 is 49.0 Å². The molecule has 0 amide bonds. The topological polar surface area (TPSA) is 30.0 Å². The smallest absolute Gasteiger partial charge is 0.204 e. The van der Waals surface area contributed by atoms with Gasteiger partial charge in [-0.05, 0) is 56.5 Å². The Morgan fingerprint density at radius 2 is 2.19 bits per heavy atom. The average Bonchev–Trinajstić information content (AvgIpc) is 2.59. The third-order valence-electron chi connectivity index (χ3n) is 2.15. The predicted octanol–water partition coefficient (Wildman–Crippen LogP) is 4.21. The molecule has 0 spiro atoms. The lowest BCUT2D eigenvalue weighted by molar-refractivity contribution is 0.104. The number of thiophene rings is 1. The van der Waals surface area contributed by atoms with Gasteiger partial charge in [0, 0.05) is 22.4 Å². The van der Waals surface area contributed by atoms with Gasteiger partial charge in [0.15, 0.2) is 0 Å². The first-order chi connectivity index (χ1) is 7.59. The Kier molecular flexibility index (Phi) is 3.56. The van der Waals surface area contributed by atoms with E-state index in [4.69, 9.17) is 0 Å². The van der Waals surface area contributed by atoms with Gasteiger partial charge in [0.25, 0.3) is 0 Å². The van der Waals surface area contributed by atoms with Crippen molar-refractivity contribution in [2.75, 3.05) is 0 Å². The van der Waals surface area contributed by atoms with E-state index < -0.39 is 0 Å². The summed E-state index contributed by atoms with van der Waals surface area (Å²) in [5.74, 6) is 0.0157. The number of rotatable bonds is 2. The highest BCUT2D eigenvalue weighted by Crippen LogP contribution is 2.33. The van der Waals surface area contributed by atoms with Crippen molar-refractivity contribution in [3.05, 3.63) is 48.8 Å². The maximum atomic E-state index is 12.2. The van der Waals surface area contributed by atoms with Crippen molar-refractivity contribution in [1.29, 1.82) is 0 Å².